The Morgan fingerprint density at radius 3 is 2.29 bits per heavy atom. The predicted molar refractivity (Wildman–Crippen MR) is 66.6 cm³/mol. The maximum atomic E-state index is 11.7. The molecule has 3 nitrogen and oxygen atoms in total. The second-order valence-electron chi connectivity index (χ2n) is 4.13. The molecule has 1 atom stereocenters. The minimum absolute atomic E-state index is 0.0314. The van der Waals surface area contributed by atoms with Crippen molar-refractivity contribution >= 4 is 22.8 Å². The van der Waals surface area contributed by atoms with Gasteiger partial charge in [0.1, 0.15) is 0 Å². The lowest BCUT2D eigenvalue weighted by Gasteiger charge is -2.20. The first kappa shape index (κ1) is 13.8. The summed E-state index contributed by atoms with van der Waals surface area (Å²) >= 11 is 1.03. The van der Waals surface area contributed by atoms with Gasteiger partial charge in [0.25, 0.3) is 0 Å². The van der Waals surface area contributed by atoms with Crippen molar-refractivity contribution in [2.24, 2.45) is 11.8 Å². The molecule has 1 unspecified atom stereocenters. The van der Waals surface area contributed by atoms with E-state index in [0.29, 0.717) is 5.56 Å². The van der Waals surface area contributed by atoms with Crippen LogP contribution in [-0.4, -0.2) is 16.8 Å². The number of carboxylic acid groups (broad SMARTS) is 1. The molecule has 0 heterocycles. The highest BCUT2D eigenvalue weighted by atomic mass is 32.2. The minimum Gasteiger partial charge on any atom is -0.550 e. The maximum Gasteiger partial charge on any atom is 0.219 e. The molecule has 0 aliphatic carbocycles. The Morgan fingerprint density at radius 2 is 1.82 bits per heavy atom. The quantitative estimate of drug-likeness (QED) is 0.797. The van der Waals surface area contributed by atoms with Crippen LogP contribution in [0, 0.1) is 11.8 Å². The normalized spacial score (nSPS) is 12.4. The smallest absolute Gasteiger partial charge is 0.219 e. The van der Waals surface area contributed by atoms with Crippen LogP contribution < -0.4 is 5.11 Å². The van der Waals surface area contributed by atoms with Gasteiger partial charge in [0, 0.05) is 23.2 Å². The lowest BCUT2D eigenvalue weighted by atomic mass is 9.98. The first-order valence-electron chi connectivity index (χ1n) is 5.45. The fourth-order valence-electron chi connectivity index (χ4n) is 1.36. The summed E-state index contributed by atoms with van der Waals surface area (Å²) in [5.74, 6) is -1.45. The summed E-state index contributed by atoms with van der Waals surface area (Å²) in [6, 6.07) is 8.84. The van der Waals surface area contributed by atoms with Gasteiger partial charge in [-0.1, -0.05) is 55.9 Å². The summed E-state index contributed by atoms with van der Waals surface area (Å²) in [4.78, 5) is 22.6. The van der Waals surface area contributed by atoms with Crippen LogP contribution in [0.3, 0.4) is 0 Å². The van der Waals surface area contributed by atoms with E-state index >= 15 is 0 Å². The Kier molecular flexibility index (Phi) is 5.22. The Bertz CT molecular complexity index is 387. The summed E-state index contributed by atoms with van der Waals surface area (Å²) in [7, 11) is 0. The van der Waals surface area contributed by atoms with Gasteiger partial charge >= 0.3 is 0 Å². The topological polar surface area (TPSA) is 57.2 Å². The van der Waals surface area contributed by atoms with Crippen molar-refractivity contribution in [3.8, 4) is 0 Å². The van der Waals surface area contributed by atoms with Gasteiger partial charge in [-0.05, 0) is 5.92 Å². The molecular formula is C13H15O3S-. The van der Waals surface area contributed by atoms with Crippen molar-refractivity contribution in [2.45, 2.75) is 13.8 Å². The van der Waals surface area contributed by atoms with Crippen LogP contribution in [0.15, 0.2) is 30.3 Å². The monoisotopic (exact) mass is 251 g/mol. The molecule has 92 valence electrons. The van der Waals surface area contributed by atoms with E-state index in [-0.39, 0.29) is 16.8 Å². The average molecular weight is 251 g/mol. The molecule has 0 saturated carbocycles. The molecule has 1 aromatic carbocycles. The SMILES string of the molecule is CC(C)C(CSC(=O)c1ccccc1)C(=O)[O-]. The van der Waals surface area contributed by atoms with Crippen molar-refractivity contribution < 1.29 is 14.7 Å². The number of carboxylic acids is 1. The van der Waals surface area contributed by atoms with Gasteiger partial charge < -0.3 is 9.90 Å². The second-order valence-corrected chi connectivity index (χ2v) is 5.13. The van der Waals surface area contributed by atoms with Crippen LogP contribution in [0.5, 0.6) is 0 Å². The lowest BCUT2D eigenvalue weighted by Crippen LogP contribution is -2.36. The van der Waals surface area contributed by atoms with Crippen LogP contribution in [0.25, 0.3) is 0 Å². The standard InChI is InChI=1S/C13H16O3S/c1-9(2)11(12(14)15)8-17-13(16)10-6-4-3-5-7-10/h3-7,9,11H,8H2,1-2H3,(H,14,15)/p-1. The van der Waals surface area contributed by atoms with Crippen molar-refractivity contribution in [1.29, 1.82) is 0 Å². The molecule has 0 fully saturated rings. The molecule has 0 amide bonds. The molecule has 0 saturated heterocycles. The predicted octanol–water partition coefficient (Wildman–Crippen LogP) is 1.58. The molecule has 0 spiro atoms. The Hall–Kier alpha value is -1.29. The van der Waals surface area contributed by atoms with Crippen molar-refractivity contribution in [3.63, 3.8) is 0 Å². The fraction of sp³-hybridized carbons (Fsp3) is 0.385. The van der Waals surface area contributed by atoms with E-state index in [1.807, 2.05) is 19.9 Å². The van der Waals surface area contributed by atoms with Crippen LogP contribution in [0.4, 0.5) is 0 Å². The molecule has 0 aromatic heterocycles. The summed E-state index contributed by atoms with van der Waals surface area (Å²) < 4.78 is 0. The largest absolute Gasteiger partial charge is 0.550 e. The number of hydrogen-bond acceptors (Lipinski definition) is 4. The molecule has 0 aliphatic rings. The van der Waals surface area contributed by atoms with Gasteiger partial charge in [-0.2, -0.15) is 0 Å². The highest BCUT2D eigenvalue weighted by Crippen LogP contribution is 2.20. The minimum atomic E-state index is -1.09. The summed E-state index contributed by atoms with van der Waals surface area (Å²) in [5, 5.41) is 10.8. The van der Waals surface area contributed by atoms with E-state index in [2.05, 4.69) is 0 Å². The van der Waals surface area contributed by atoms with Gasteiger partial charge in [0.05, 0.1) is 0 Å². The highest BCUT2D eigenvalue weighted by molar-refractivity contribution is 8.14. The van der Waals surface area contributed by atoms with Gasteiger partial charge in [-0.25, -0.2) is 0 Å². The summed E-state index contributed by atoms with van der Waals surface area (Å²) in [6.45, 7) is 3.63. The van der Waals surface area contributed by atoms with Crippen molar-refractivity contribution in [2.75, 3.05) is 5.75 Å². The number of rotatable bonds is 5. The maximum absolute atomic E-state index is 11.7. The third-order valence-corrected chi connectivity index (χ3v) is 3.53. The first-order chi connectivity index (χ1) is 8.02. The van der Waals surface area contributed by atoms with Crippen molar-refractivity contribution in [3.05, 3.63) is 35.9 Å². The van der Waals surface area contributed by atoms with Crippen LogP contribution >= 0.6 is 11.8 Å². The third kappa shape index (κ3) is 4.23. The number of aliphatic carboxylic acids is 1. The van der Waals surface area contributed by atoms with E-state index in [9.17, 15) is 14.7 Å². The molecule has 1 rings (SSSR count). The van der Waals surface area contributed by atoms with E-state index in [0.717, 1.165) is 11.8 Å². The van der Waals surface area contributed by atoms with E-state index in [1.54, 1.807) is 24.3 Å². The van der Waals surface area contributed by atoms with Crippen LogP contribution in [-0.2, 0) is 4.79 Å². The number of thioether (sulfide) groups is 1. The molecule has 0 bridgehead atoms. The lowest BCUT2D eigenvalue weighted by molar-refractivity contribution is -0.312. The summed E-state index contributed by atoms with van der Waals surface area (Å²) in [6.07, 6.45) is 0. The van der Waals surface area contributed by atoms with E-state index < -0.39 is 11.9 Å². The molecule has 0 N–H and O–H groups in total. The molecule has 1 aromatic rings. The second kappa shape index (κ2) is 6.45. The number of benzene rings is 1. The van der Waals surface area contributed by atoms with Gasteiger partial charge in [0.15, 0.2) is 0 Å². The molecule has 17 heavy (non-hydrogen) atoms. The zero-order valence-electron chi connectivity index (χ0n) is 9.88. The Balaban J connectivity index is 2.56. The van der Waals surface area contributed by atoms with Crippen LogP contribution in [0.2, 0.25) is 0 Å². The molecule has 0 aliphatic heterocycles. The molecule has 0 radical (unpaired) electrons. The van der Waals surface area contributed by atoms with Gasteiger partial charge in [-0.3, -0.25) is 4.79 Å². The third-order valence-electron chi connectivity index (χ3n) is 2.51. The number of carbonyl (C=O) groups is 2. The van der Waals surface area contributed by atoms with Gasteiger partial charge in [-0.15, -0.1) is 0 Å². The number of hydrogen-bond donors (Lipinski definition) is 0. The average Bonchev–Trinajstić information content (AvgIpc) is 2.29. The Morgan fingerprint density at radius 1 is 1.24 bits per heavy atom. The Labute approximate surface area is 105 Å². The van der Waals surface area contributed by atoms with Crippen molar-refractivity contribution in [1.82, 2.24) is 0 Å². The zero-order chi connectivity index (χ0) is 12.8. The van der Waals surface area contributed by atoms with Gasteiger partial charge in [0.2, 0.25) is 5.12 Å². The van der Waals surface area contributed by atoms with E-state index in [4.69, 9.17) is 0 Å². The van der Waals surface area contributed by atoms with E-state index in [1.165, 1.54) is 0 Å². The van der Waals surface area contributed by atoms with Crippen LogP contribution in [0.1, 0.15) is 24.2 Å². The highest BCUT2D eigenvalue weighted by Gasteiger charge is 2.17. The first-order valence-corrected chi connectivity index (χ1v) is 6.44. The number of carbonyl (C=O) groups excluding carboxylic acids is 2. The molecular weight excluding hydrogens is 236 g/mol. The summed E-state index contributed by atoms with van der Waals surface area (Å²) in [5.41, 5.74) is 0.596. The molecule has 4 heteroatoms. The fourth-order valence-corrected chi connectivity index (χ4v) is 2.51. The zero-order valence-corrected chi connectivity index (χ0v) is 10.7.